The van der Waals surface area contributed by atoms with Crippen LogP contribution in [0, 0.1) is 29.7 Å². The summed E-state index contributed by atoms with van der Waals surface area (Å²) in [5, 5.41) is 2.90. The molecule has 3 heteroatoms. The predicted molar refractivity (Wildman–Crippen MR) is 183 cm³/mol. The molecule has 4 fully saturated rings. The van der Waals surface area contributed by atoms with Crippen molar-refractivity contribution in [3.8, 4) is 11.1 Å². The second-order valence-electron chi connectivity index (χ2n) is 12.4. The molecule has 4 saturated carbocycles. The van der Waals surface area contributed by atoms with Gasteiger partial charge < -0.3 is 5.73 Å². The summed E-state index contributed by atoms with van der Waals surface area (Å²) in [5.74, 6) is 3.66. The van der Waals surface area contributed by atoms with Crippen LogP contribution >= 0.6 is 0 Å². The van der Waals surface area contributed by atoms with Gasteiger partial charge in [-0.05, 0) is 28.9 Å². The van der Waals surface area contributed by atoms with E-state index in [9.17, 15) is 0 Å². The van der Waals surface area contributed by atoms with E-state index in [-0.39, 0.29) is 41.3 Å². The first-order valence-corrected chi connectivity index (χ1v) is 16.6. The van der Waals surface area contributed by atoms with Crippen LogP contribution < -0.4 is 10.4 Å². The van der Waals surface area contributed by atoms with Crippen molar-refractivity contribution in [2.24, 2.45) is 23.7 Å². The van der Waals surface area contributed by atoms with E-state index in [0.29, 0.717) is 5.92 Å². The maximum absolute atomic E-state index is 7.79. The third-order valence-corrected chi connectivity index (χ3v) is 10.9. The van der Waals surface area contributed by atoms with E-state index in [1.807, 2.05) is 12.1 Å². The minimum Gasteiger partial charge on any atom is -0.672 e. The van der Waals surface area contributed by atoms with Crippen molar-refractivity contribution >= 4 is 19.9 Å². The minimum atomic E-state index is 0. The van der Waals surface area contributed by atoms with Crippen molar-refractivity contribution in [3.63, 3.8) is 0 Å². The predicted octanol–water partition coefficient (Wildman–Crippen LogP) is 8.98. The van der Waals surface area contributed by atoms with Gasteiger partial charge in [0.2, 0.25) is 0 Å². The van der Waals surface area contributed by atoms with Crippen molar-refractivity contribution in [2.75, 3.05) is 0 Å². The van der Waals surface area contributed by atoms with Crippen LogP contribution in [-0.4, -0.2) is 15.1 Å². The molecule has 1 N–H and O–H groups in total. The zero-order valence-electron chi connectivity index (χ0n) is 26.1. The third-order valence-electron chi connectivity index (χ3n) is 9.44. The van der Waals surface area contributed by atoms with Gasteiger partial charge >= 0.3 is 26.2 Å². The molecule has 0 aromatic heterocycles. The van der Waals surface area contributed by atoms with E-state index in [1.54, 1.807) is 0 Å². The molecule has 0 spiro atoms. The molecular formula is C40H44NSiZr. The van der Waals surface area contributed by atoms with Crippen LogP contribution in [0.4, 0.5) is 0 Å². The molecule has 0 aliphatic heterocycles. The van der Waals surface area contributed by atoms with Crippen LogP contribution in [0.2, 0.25) is 0 Å². The summed E-state index contributed by atoms with van der Waals surface area (Å²) in [6, 6.07) is 42.1. The van der Waals surface area contributed by atoms with Gasteiger partial charge in [-0.3, -0.25) is 6.08 Å². The molecule has 9 rings (SSSR count). The van der Waals surface area contributed by atoms with Crippen molar-refractivity contribution < 1.29 is 26.2 Å². The molecule has 4 aromatic carbocycles. The molecule has 1 atom stereocenters. The average molecular weight is 658 g/mol. The Hall–Kier alpha value is -2.58. The van der Waals surface area contributed by atoms with Crippen molar-refractivity contribution in [1.29, 1.82) is 0 Å². The van der Waals surface area contributed by atoms with E-state index >= 15 is 0 Å². The number of rotatable bonds is 3. The van der Waals surface area contributed by atoms with E-state index in [4.69, 9.17) is 5.73 Å². The molecule has 1 radical (unpaired) electrons. The maximum Gasteiger partial charge on any atom is 2.00 e. The number of allylic oxidation sites excluding steroid dienone is 4. The summed E-state index contributed by atoms with van der Waals surface area (Å²) in [6.45, 7) is 8.67. The van der Waals surface area contributed by atoms with E-state index in [0.717, 1.165) is 17.8 Å². The Morgan fingerprint density at radius 1 is 0.605 bits per heavy atom. The van der Waals surface area contributed by atoms with E-state index in [2.05, 4.69) is 143 Å². The summed E-state index contributed by atoms with van der Waals surface area (Å²) in [5.41, 5.74) is 14.7. The number of hydrogen-bond acceptors (Lipinski definition) is 0. The quantitative estimate of drug-likeness (QED) is 0.155. The fraction of sp³-hybridized carbons (Fsp3) is 0.300. The van der Waals surface area contributed by atoms with Crippen LogP contribution in [0.25, 0.3) is 16.9 Å². The first kappa shape index (κ1) is 33.3. The van der Waals surface area contributed by atoms with Gasteiger partial charge in [-0.1, -0.05) is 178 Å². The molecule has 5 aliphatic carbocycles. The van der Waals surface area contributed by atoms with Crippen molar-refractivity contribution in [2.45, 2.75) is 52.5 Å². The fourth-order valence-corrected chi connectivity index (χ4v) is 7.96. The number of benzene rings is 4. The molecule has 1 nitrogen and oxygen atoms in total. The fourth-order valence-electron chi connectivity index (χ4n) is 6.75. The number of hydrogen-bond donors (Lipinski definition) is 0. The van der Waals surface area contributed by atoms with E-state index < -0.39 is 0 Å². The van der Waals surface area contributed by atoms with Gasteiger partial charge in [0.1, 0.15) is 9.52 Å². The van der Waals surface area contributed by atoms with Gasteiger partial charge in [0, 0.05) is 0 Å². The first-order chi connectivity index (χ1) is 20.3. The second-order valence-corrected chi connectivity index (χ2v) is 14.0. The van der Waals surface area contributed by atoms with Crippen LogP contribution in [0.15, 0.2) is 138 Å². The largest absolute Gasteiger partial charge is 2.00 e. The molecule has 0 saturated heterocycles. The van der Waals surface area contributed by atoms with Crippen LogP contribution in [0.5, 0.6) is 0 Å². The summed E-state index contributed by atoms with van der Waals surface area (Å²) in [6.07, 6.45) is 7.12. The molecule has 4 bridgehead atoms. The van der Waals surface area contributed by atoms with Crippen LogP contribution in [0.1, 0.15) is 47.0 Å². The van der Waals surface area contributed by atoms with Gasteiger partial charge in [-0.2, -0.15) is 11.1 Å². The minimum absolute atomic E-state index is 0. The van der Waals surface area contributed by atoms with Gasteiger partial charge in [0.15, 0.2) is 0 Å². The third kappa shape index (κ3) is 8.98. The Morgan fingerprint density at radius 3 is 1.19 bits per heavy atom. The van der Waals surface area contributed by atoms with Crippen LogP contribution in [-0.2, 0) is 26.2 Å². The average Bonchev–Trinajstić information content (AvgIpc) is 3.39. The molecular weight excluding hydrogens is 614 g/mol. The molecule has 5 aliphatic rings. The summed E-state index contributed by atoms with van der Waals surface area (Å²) >= 11 is 0. The van der Waals surface area contributed by atoms with Gasteiger partial charge in [0.25, 0.3) is 0 Å². The Balaban J connectivity index is 0.000000132. The monoisotopic (exact) mass is 656 g/mol. The Kier molecular flexibility index (Phi) is 12.0. The molecule has 0 amide bonds. The van der Waals surface area contributed by atoms with Crippen molar-refractivity contribution in [3.05, 3.63) is 150 Å². The zero-order chi connectivity index (χ0) is 29.5. The normalized spacial score (nSPS) is 25.1. The smallest absolute Gasteiger partial charge is 0.672 e. The molecule has 4 aromatic rings. The maximum atomic E-state index is 7.79. The first-order valence-electron chi connectivity index (χ1n) is 15.4. The van der Waals surface area contributed by atoms with E-state index in [1.165, 1.54) is 57.5 Å². The molecule has 1 unspecified atom stereocenters. The zero-order valence-corrected chi connectivity index (χ0v) is 29.7. The molecule has 217 valence electrons. The SMILES string of the molecule is CC1=[C-]C(C)C(C)=C1C.[NH-]C12CC3C(C1)C3C2.[Zr+2].c1ccc(-c2ccccc2)cc1.c1ccc([SiH]c2ccccc2)cc1. The Labute approximate surface area is 281 Å². The molecule has 43 heavy (non-hydrogen) atoms. The van der Waals surface area contributed by atoms with Gasteiger partial charge in [0.05, 0.1) is 0 Å². The summed E-state index contributed by atoms with van der Waals surface area (Å²) in [7, 11) is 0.271. The summed E-state index contributed by atoms with van der Waals surface area (Å²) < 4.78 is 0. The number of nitrogens with one attached hydrogen (secondary N) is 1. The standard InChI is InChI=1S/C12H11Si.C12H10.C9H13.C7H10N.Zr/c1-3-7-11(8-4-1)13-12-9-5-2-6-10-12;1-3-7-11(8-4-1)12-9-5-2-6-10-12;1-6-5-7(2)9(4)8(6)3;8-7-1-4-5(2-7)6(4)3-7;/h1-10,13H;1-10H;6H,1-4H3;4-6,8H,1-3H2;/q;;2*-1;+2. The second kappa shape index (κ2) is 15.4. The topological polar surface area (TPSA) is 23.8 Å². The van der Waals surface area contributed by atoms with Crippen molar-refractivity contribution in [1.82, 2.24) is 0 Å². The van der Waals surface area contributed by atoms with Gasteiger partial charge in [-0.15, -0.1) is 12.5 Å². The van der Waals surface area contributed by atoms with Gasteiger partial charge in [-0.25, -0.2) is 5.57 Å². The summed E-state index contributed by atoms with van der Waals surface area (Å²) in [4.78, 5) is 0. The Bertz CT molecular complexity index is 1370. The molecule has 0 heterocycles. The Morgan fingerprint density at radius 2 is 0.953 bits per heavy atom. The van der Waals surface area contributed by atoms with Crippen LogP contribution in [0.3, 0.4) is 0 Å².